The molecule has 0 spiro atoms. The summed E-state index contributed by atoms with van der Waals surface area (Å²) in [5.41, 5.74) is 0.349. The minimum absolute atomic E-state index is 0.0879. The van der Waals surface area contributed by atoms with Crippen molar-refractivity contribution in [1.29, 1.82) is 0 Å². The lowest BCUT2D eigenvalue weighted by molar-refractivity contribution is 0.0933. The molecule has 4 heteroatoms. The predicted molar refractivity (Wildman–Crippen MR) is 81.9 cm³/mol. The van der Waals surface area contributed by atoms with E-state index in [1.807, 2.05) is 0 Å². The molecule has 1 rings (SSSR count). The third kappa shape index (κ3) is 5.19. The van der Waals surface area contributed by atoms with Crippen molar-refractivity contribution in [2.45, 2.75) is 46.5 Å². The summed E-state index contributed by atoms with van der Waals surface area (Å²) in [6.07, 6.45) is 6.33. The Morgan fingerprint density at radius 3 is 2.65 bits per heavy atom. The van der Waals surface area contributed by atoms with Gasteiger partial charge in [0.05, 0.1) is 0 Å². The van der Waals surface area contributed by atoms with Crippen LogP contribution in [0.5, 0.6) is 0 Å². The molecule has 20 heavy (non-hydrogen) atoms. The number of nitrogens with zero attached hydrogens (tertiary/aromatic N) is 1. The second-order valence-corrected chi connectivity index (χ2v) is 6.17. The third-order valence-electron chi connectivity index (χ3n) is 3.55. The van der Waals surface area contributed by atoms with Gasteiger partial charge >= 0.3 is 0 Å². The molecule has 112 valence electrons. The molecule has 0 aliphatic heterocycles. The Morgan fingerprint density at radius 2 is 2.05 bits per heavy atom. The van der Waals surface area contributed by atoms with Crippen LogP contribution in [0.4, 0.5) is 0 Å². The van der Waals surface area contributed by atoms with Crippen molar-refractivity contribution in [1.82, 2.24) is 9.88 Å². The number of aromatic nitrogens is 1. The summed E-state index contributed by atoms with van der Waals surface area (Å²) in [5.74, 6) is -0.175. The van der Waals surface area contributed by atoms with E-state index in [1.54, 1.807) is 19.3 Å². The van der Waals surface area contributed by atoms with Crippen molar-refractivity contribution in [3.8, 4) is 0 Å². The van der Waals surface area contributed by atoms with Gasteiger partial charge in [-0.25, -0.2) is 0 Å². The Kier molecular flexibility index (Phi) is 5.99. The molecule has 0 aliphatic carbocycles. The zero-order valence-corrected chi connectivity index (χ0v) is 13.0. The summed E-state index contributed by atoms with van der Waals surface area (Å²) in [6, 6.07) is 3.04. The van der Waals surface area contributed by atoms with Crippen LogP contribution < -0.4 is 10.9 Å². The number of rotatable bonds is 7. The molecular weight excluding hydrogens is 252 g/mol. The van der Waals surface area contributed by atoms with E-state index >= 15 is 0 Å². The second-order valence-electron chi connectivity index (χ2n) is 6.17. The maximum atomic E-state index is 12.0. The van der Waals surface area contributed by atoms with Crippen molar-refractivity contribution in [2.75, 3.05) is 6.54 Å². The number of carbonyl (C=O) groups excluding carboxylic acids is 1. The molecule has 0 aliphatic rings. The van der Waals surface area contributed by atoms with E-state index in [4.69, 9.17) is 0 Å². The first-order valence-electron chi connectivity index (χ1n) is 7.30. The fourth-order valence-corrected chi connectivity index (χ4v) is 2.05. The van der Waals surface area contributed by atoms with Crippen LogP contribution in [-0.2, 0) is 7.05 Å². The van der Waals surface area contributed by atoms with Gasteiger partial charge in [0, 0.05) is 31.4 Å². The number of hydrogen-bond acceptors (Lipinski definition) is 2. The van der Waals surface area contributed by atoms with E-state index in [0.717, 1.165) is 6.42 Å². The van der Waals surface area contributed by atoms with Gasteiger partial charge in [-0.05, 0) is 17.9 Å². The molecule has 0 saturated heterocycles. The molecule has 0 unspecified atom stereocenters. The Hall–Kier alpha value is -1.58. The van der Waals surface area contributed by atoms with Crippen LogP contribution in [0.3, 0.4) is 0 Å². The second kappa shape index (κ2) is 7.27. The van der Waals surface area contributed by atoms with Gasteiger partial charge in [0.1, 0.15) is 0 Å². The zero-order chi connectivity index (χ0) is 15.2. The minimum atomic E-state index is -0.175. The summed E-state index contributed by atoms with van der Waals surface area (Å²) < 4.78 is 1.45. The van der Waals surface area contributed by atoms with Gasteiger partial charge in [0.25, 0.3) is 11.5 Å². The van der Waals surface area contributed by atoms with Gasteiger partial charge in [0.2, 0.25) is 0 Å². The average molecular weight is 278 g/mol. The smallest absolute Gasteiger partial charge is 0.251 e. The summed E-state index contributed by atoms with van der Waals surface area (Å²) in [6.45, 7) is 7.13. The van der Waals surface area contributed by atoms with Crippen molar-refractivity contribution >= 4 is 5.91 Å². The van der Waals surface area contributed by atoms with Crippen LogP contribution in [0.1, 0.15) is 56.8 Å². The highest BCUT2D eigenvalue weighted by Gasteiger charge is 2.18. The quantitative estimate of drug-likeness (QED) is 0.780. The van der Waals surface area contributed by atoms with Crippen molar-refractivity contribution in [3.63, 3.8) is 0 Å². The molecule has 4 nitrogen and oxygen atoms in total. The highest BCUT2D eigenvalue weighted by Crippen LogP contribution is 2.22. The summed E-state index contributed by atoms with van der Waals surface area (Å²) >= 11 is 0. The lowest BCUT2D eigenvalue weighted by Crippen LogP contribution is -2.34. The van der Waals surface area contributed by atoms with E-state index in [1.165, 1.54) is 29.9 Å². The highest BCUT2D eigenvalue weighted by atomic mass is 16.2. The SMILES string of the molecule is CCCCCC(C)(C)CNC(=O)c1ccn(C)c(=O)c1. The van der Waals surface area contributed by atoms with Gasteiger partial charge in [-0.3, -0.25) is 9.59 Å². The Bertz CT molecular complexity index is 503. The van der Waals surface area contributed by atoms with Crippen LogP contribution in [-0.4, -0.2) is 17.0 Å². The first-order chi connectivity index (χ1) is 9.35. The van der Waals surface area contributed by atoms with Crippen LogP contribution in [0, 0.1) is 5.41 Å². The first kappa shape index (κ1) is 16.5. The molecule has 0 radical (unpaired) electrons. The van der Waals surface area contributed by atoms with Crippen molar-refractivity contribution < 1.29 is 4.79 Å². The molecule has 1 aromatic heterocycles. The molecular formula is C16H26N2O2. The number of amides is 1. The fraction of sp³-hybridized carbons (Fsp3) is 0.625. The summed E-state index contributed by atoms with van der Waals surface area (Å²) in [4.78, 5) is 23.5. The topological polar surface area (TPSA) is 51.1 Å². The average Bonchev–Trinajstić information content (AvgIpc) is 2.39. The number of nitrogens with one attached hydrogen (secondary N) is 1. The van der Waals surface area contributed by atoms with Gasteiger partial charge in [-0.1, -0.05) is 40.0 Å². The fourth-order valence-electron chi connectivity index (χ4n) is 2.05. The zero-order valence-electron chi connectivity index (χ0n) is 13.0. The molecule has 1 N–H and O–H groups in total. The Morgan fingerprint density at radius 1 is 1.35 bits per heavy atom. The molecule has 0 saturated carbocycles. The van der Waals surface area contributed by atoms with Crippen molar-refractivity contribution in [3.05, 3.63) is 34.2 Å². The lowest BCUT2D eigenvalue weighted by atomic mass is 9.87. The third-order valence-corrected chi connectivity index (χ3v) is 3.55. The van der Waals surface area contributed by atoms with E-state index in [-0.39, 0.29) is 16.9 Å². The predicted octanol–water partition coefficient (Wildman–Crippen LogP) is 2.72. The number of carbonyl (C=O) groups is 1. The number of pyridine rings is 1. The minimum Gasteiger partial charge on any atom is -0.351 e. The molecule has 0 fully saturated rings. The Balaban J connectivity index is 2.53. The van der Waals surface area contributed by atoms with Crippen LogP contribution >= 0.6 is 0 Å². The highest BCUT2D eigenvalue weighted by molar-refractivity contribution is 5.93. The summed E-state index contributed by atoms with van der Waals surface area (Å²) in [5, 5.41) is 2.93. The number of unbranched alkanes of at least 4 members (excludes halogenated alkanes) is 2. The maximum Gasteiger partial charge on any atom is 0.251 e. The monoisotopic (exact) mass is 278 g/mol. The van der Waals surface area contributed by atoms with Crippen LogP contribution in [0.25, 0.3) is 0 Å². The van der Waals surface area contributed by atoms with Gasteiger partial charge in [-0.2, -0.15) is 0 Å². The standard InChI is InChI=1S/C16H26N2O2/c1-5-6-7-9-16(2,3)12-17-15(20)13-8-10-18(4)14(19)11-13/h8,10-11H,5-7,9,12H2,1-4H3,(H,17,20). The molecule has 0 atom stereocenters. The largest absolute Gasteiger partial charge is 0.351 e. The van der Waals surface area contributed by atoms with E-state index in [0.29, 0.717) is 12.1 Å². The molecule has 0 bridgehead atoms. The molecule has 1 heterocycles. The number of aryl methyl sites for hydroxylation is 1. The van der Waals surface area contributed by atoms with Crippen LogP contribution in [0.15, 0.2) is 23.1 Å². The van der Waals surface area contributed by atoms with Crippen molar-refractivity contribution in [2.24, 2.45) is 12.5 Å². The normalized spacial score (nSPS) is 11.4. The first-order valence-corrected chi connectivity index (χ1v) is 7.30. The van der Waals surface area contributed by atoms with Gasteiger partial charge < -0.3 is 9.88 Å². The molecule has 1 amide bonds. The lowest BCUT2D eigenvalue weighted by Gasteiger charge is -2.25. The van der Waals surface area contributed by atoms with Gasteiger partial charge in [0.15, 0.2) is 0 Å². The molecule has 0 aromatic carbocycles. The Labute approximate surface area is 121 Å². The van der Waals surface area contributed by atoms with Crippen LogP contribution in [0.2, 0.25) is 0 Å². The van der Waals surface area contributed by atoms with E-state index < -0.39 is 0 Å². The maximum absolute atomic E-state index is 12.0. The summed E-state index contributed by atoms with van der Waals surface area (Å²) in [7, 11) is 1.67. The molecule has 1 aromatic rings. The van der Waals surface area contributed by atoms with E-state index in [2.05, 4.69) is 26.1 Å². The van der Waals surface area contributed by atoms with E-state index in [9.17, 15) is 9.59 Å². The number of hydrogen-bond donors (Lipinski definition) is 1. The van der Waals surface area contributed by atoms with Gasteiger partial charge in [-0.15, -0.1) is 0 Å².